The molecule has 0 saturated heterocycles. The van der Waals surface area contributed by atoms with Crippen molar-refractivity contribution in [3.05, 3.63) is 41.6 Å². The molecule has 0 amide bonds. The number of nitrogens with zero attached hydrogens (tertiary/aromatic N) is 1. The predicted octanol–water partition coefficient (Wildman–Crippen LogP) is 3.43. The van der Waals surface area contributed by atoms with Gasteiger partial charge in [-0.3, -0.25) is 5.10 Å². The minimum absolute atomic E-state index is 0.358. The molecular formula is C14H16F2N2O2. The SMILES string of the molecule is CCOC(OCC)c1cc(-c2cc(F)cc(F)c2)n[nH]1. The van der Waals surface area contributed by atoms with Crippen LogP contribution in [0.1, 0.15) is 25.8 Å². The second-order valence-corrected chi connectivity index (χ2v) is 4.11. The largest absolute Gasteiger partial charge is 0.347 e. The molecule has 6 heteroatoms. The van der Waals surface area contributed by atoms with Crippen LogP contribution in [0.15, 0.2) is 24.3 Å². The van der Waals surface area contributed by atoms with E-state index in [-0.39, 0.29) is 0 Å². The Bertz CT molecular complexity index is 546. The minimum atomic E-state index is -0.643. The Balaban J connectivity index is 2.27. The van der Waals surface area contributed by atoms with Gasteiger partial charge in [0, 0.05) is 24.8 Å². The quantitative estimate of drug-likeness (QED) is 0.826. The lowest BCUT2D eigenvalue weighted by Gasteiger charge is -2.14. The van der Waals surface area contributed by atoms with Gasteiger partial charge in [-0.15, -0.1) is 0 Å². The maximum Gasteiger partial charge on any atom is 0.200 e. The minimum Gasteiger partial charge on any atom is -0.347 e. The molecule has 0 aliphatic rings. The molecule has 1 aromatic heterocycles. The summed E-state index contributed by atoms with van der Waals surface area (Å²) in [6.45, 7) is 4.66. The molecule has 0 unspecified atom stereocenters. The molecular weight excluding hydrogens is 266 g/mol. The van der Waals surface area contributed by atoms with Crippen LogP contribution in [0.5, 0.6) is 0 Å². The van der Waals surface area contributed by atoms with E-state index in [1.807, 2.05) is 13.8 Å². The lowest BCUT2D eigenvalue weighted by atomic mass is 10.1. The number of rotatable bonds is 6. The standard InChI is InChI=1S/C14H16F2N2O2/c1-3-19-14(20-4-2)13-8-12(17-18-13)9-5-10(15)7-11(16)6-9/h5-8,14H,3-4H2,1-2H3,(H,17,18). The summed E-state index contributed by atoms with van der Waals surface area (Å²) in [6, 6.07) is 4.92. The maximum atomic E-state index is 13.2. The van der Waals surface area contributed by atoms with Crippen molar-refractivity contribution in [3.63, 3.8) is 0 Å². The molecule has 108 valence electrons. The molecule has 0 atom stereocenters. The lowest BCUT2D eigenvalue weighted by molar-refractivity contribution is -0.142. The number of aromatic nitrogens is 2. The number of ether oxygens (including phenoxy) is 2. The van der Waals surface area contributed by atoms with Gasteiger partial charge in [0.2, 0.25) is 0 Å². The van der Waals surface area contributed by atoms with Gasteiger partial charge >= 0.3 is 0 Å². The van der Waals surface area contributed by atoms with Crippen molar-refractivity contribution in [3.8, 4) is 11.3 Å². The second kappa shape index (κ2) is 6.58. The highest BCUT2D eigenvalue weighted by molar-refractivity contribution is 5.59. The normalized spacial score (nSPS) is 11.2. The van der Waals surface area contributed by atoms with Crippen LogP contribution in [-0.4, -0.2) is 23.4 Å². The maximum absolute atomic E-state index is 13.2. The molecule has 0 spiro atoms. The van der Waals surface area contributed by atoms with Crippen LogP contribution in [0.2, 0.25) is 0 Å². The van der Waals surface area contributed by atoms with Crippen molar-refractivity contribution >= 4 is 0 Å². The highest BCUT2D eigenvalue weighted by atomic mass is 19.1. The Labute approximate surface area is 115 Å². The first-order chi connectivity index (χ1) is 9.63. The van der Waals surface area contributed by atoms with Crippen LogP contribution < -0.4 is 0 Å². The van der Waals surface area contributed by atoms with E-state index < -0.39 is 17.9 Å². The van der Waals surface area contributed by atoms with Crippen molar-refractivity contribution in [2.45, 2.75) is 20.1 Å². The van der Waals surface area contributed by atoms with E-state index >= 15 is 0 Å². The number of halogens is 2. The third-order valence-electron chi connectivity index (χ3n) is 2.65. The van der Waals surface area contributed by atoms with E-state index in [9.17, 15) is 8.78 Å². The zero-order valence-corrected chi connectivity index (χ0v) is 11.3. The highest BCUT2D eigenvalue weighted by Gasteiger charge is 2.15. The average Bonchev–Trinajstić information content (AvgIpc) is 2.87. The summed E-state index contributed by atoms with van der Waals surface area (Å²) in [5, 5.41) is 6.80. The van der Waals surface area contributed by atoms with Gasteiger partial charge in [0.15, 0.2) is 6.29 Å². The molecule has 2 rings (SSSR count). The van der Waals surface area contributed by atoms with Gasteiger partial charge in [-0.2, -0.15) is 5.10 Å². The summed E-state index contributed by atoms with van der Waals surface area (Å²) in [6.07, 6.45) is -0.565. The van der Waals surface area contributed by atoms with E-state index in [1.54, 1.807) is 6.07 Å². The highest BCUT2D eigenvalue weighted by Crippen LogP contribution is 2.24. The van der Waals surface area contributed by atoms with Gasteiger partial charge in [0.1, 0.15) is 11.6 Å². The van der Waals surface area contributed by atoms with E-state index in [0.29, 0.717) is 30.2 Å². The fourth-order valence-corrected chi connectivity index (χ4v) is 1.84. The lowest BCUT2D eigenvalue weighted by Crippen LogP contribution is -2.09. The van der Waals surface area contributed by atoms with Crippen molar-refractivity contribution in [2.24, 2.45) is 0 Å². The van der Waals surface area contributed by atoms with E-state index in [0.717, 1.165) is 6.07 Å². The summed E-state index contributed by atoms with van der Waals surface area (Å²) < 4.78 is 37.2. The molecule has 0 aliphatic heterocycles. The van der Waals surface area contributed by atoms with Gasteiger partial charge in [-0.05, 0) is 32.0 Å². The monoisotopic (exact) mass is 282 g/mol. The number of hydrogen-bond donors (Lipinski definition) is 1. The molecule has 2 aromatic rings. The molecule has 0 aliphatic carbocycles. The van der Waals surface area contributed by atoms with Gasteiger partial charge in [0.05, 0.1) is 11.4 Å². The third-order valence-corrected chi connectivity index (χ3v) is 2.65. The van der Waals surface area contributed by atoms with Gasteiger partial charge in [-0.25, -0.2) is 8.78 Å². The van der Waals surface area contributed by atoms with Crippen molar-refractivity contribution in [2.75, 3.05) is 13.2 Å². The summed E-state index contributed by atoms with van der Waals surface area (Å²) in [4.78, 5) is 0. The van der Waals surface area contributed by atoms with Crippen LogP contribution in [0.25, 0.3) is 11.3 Å². The van der Waals surface area contributed by atoms with E-state index in [4.69, 9.17) is 9.47 Å². The molecule has 0 fully saturated rings. The molecule has 1 aromatic carbocycles. The number of H-pyrrole nitrogens is 1. The van der Waals surface area contributed by atoms with Crippen LogP contribution in [0.4, 0.5) is 8.78 Å². The molecule has 0 saturated carbocycles. The topological polar surface area (TPSA) is 47.1 Å². The third kappa shape index (κ3) is 3.40. The second-order valence-electron chi connectivity index (χ2n) is 4.11. The Morgan fingerprint density at radius 2 is 1.65 bits per heavy atom. The summed E-state index contributed by atoms with van der Waals surface area (Å²) in [5.74, 6) is -1.29. The average molecular weight is 282 g/mol. The molecule has 1 heterocycles. The number of hydrogen-bond acceptors (Lipinski definition) is 3. The molecule has 0 radical (unpaired) electrons. The first-order valence-corrected chi connectivity index (χ1v) is 6.39. The van der Waals surface area contributed by atoms with Crippen LogP contribution in [-0.2, 0) is 9.47 Å². The Hall–Kier alpha value is -1.79. The summed E-state index contributed by atoms with van der Waals surface area (Å²) in [7, 11) is 0. The van der Waals surface area contributed by atoms with Crippen LogP contribution >= 0.6 is 0 Å². The molecule has 4 nitrogen and oxygen atoms in total. The van der Waals surface area contributed by atoms with Crippen molar-refractivity contribution in [1.29, 1.82) is 0 Å². The molecule has 0 bridgehead atoms. The van der Waals surface area contributed by atoms with Crippen molar-refractivity contribution in [1.82, 2.24) is 10.2 Å². The first kappa shape index (κ1) is 14.6. The number of benzene rings is 1. The summed E-state index contributed by atoms with van der Waals surface area (Å²) >= 11 is 0. The van der Waals surface area contributed by atoms with Gasteiger partial charge < -0.3 is 9.47 Å². The van der Waals surface area contributed by atoms with Crippen molar-refractivity contribution < 1.29 is 18.3 Å². The van der Waals surface area contributed by atoms with Gasteiger partial charge in [0.25, 0.3) is 0 Å². The zero-order valence-electron chi connectivity index (χ0n) is 11.3. The zero-order chi connectivity index (χ0) is 14.5. The van der Waals surface area contributed by atoms with E-state index in [1.165, 1.54) is 12.1 Å². The summed E-state index contributed by atoms with van der Waals surface area (Å²) in [5.41, 5.74) is 1.40. The Morgan fingerprint density at radius 3 is 2.20 bits per heavy atom. The molecule has 20 heavy (non-hydrogen) atoms. The Kier molecular flexibility index (Phi) is 4.81. The molecule has 1 N–H and O–H groups in total. The van der Waals surface area contributed by atoms with Crippen LogP contribution in [0, 0.1) is 11.6 Å². The van der Waals surface area contributed by atoms with Crippen LogP contribution in [0.3, 0.4) is 0 Å². The fourth-order valence-electron chi connectivity index (χ4n) is 1.84. The smallest absolute Gasteiger partial charge is 0.200 e. The number of nitrogens with one attached hydrogen (secondary N) is 1. The van der Waals surface area contributed by atoms with Gasteiger partial charge in [-0.1, -0.05) is 0 Å². The fraction of sp³-hybridized carbons (Fsp3) is 0.357. The number of aromatic amines is 1. The first-order valence-electron chi connectivity index (χ1n) is 6.39. The predicted molar refractivity (Wildman–Crippen MR) is 69.9 cm³/mol. The Morgan fingerprint density at radius 1 is 1.05 bits per heavy atom. The van der Waals surface area contributed by atoms with E-state index in [2.05, 4.69) is 10.2 Å².